The summed E-state index contributed by atoms with van der Waals surface area (Å²) >= 11 is 0. The molecular weight excluding hydrogens is 326 g/mol. The van der Waals surface area contributed by atoms with Crippen LogP contribution in [0.5, 0.6) is 0 Å². The SMILES string of the molecule is C[C@H]1[C@H](NC(=O)C(N)c2ccccc2)C(=O)N1OCS(=O)(=O)O. The van der Waals surface area contributed by atoms with Gasteiger partial charge in [-0.05, 0) is 12.5 Å². The fourth-order valence-electron chi connectivity index (χ4n) is 2.14. The van der Waals surface area contributed by atoms with Crippen molar-refractivity contribution in [1.82, 2.24) is 10.4 Å². The standard InChI is InChI=1S/C13H17N3O6S/c1-8-11(13(18)16(8)22-7-23(19,20)21)15-12(17)10(14)9-5-3-2-4-6-9/h2-6,8,10-11H,7,14H2,1H3,(H,15,17)(H,19,20,21)/t8-,10?,11-/m0/s1. The first kappa shape index (κ1) is 17.3. The van der Waals surface area contributed by atoms with Crippen molar-refractivity contribution in [3.05, 3.63) is 35.9 Å². The highest BCUT2D eigenvalue weighted by atomic mass is 32.2. The molecule has 126 valence electrons. The molecule has 9 nitrogen and oxygen atoms in total. The third kappa shape index (κ3) is 4.05. The minimum Gasteiger partial charge on any atom is -0.341 e. The van der Waals surface area contributed by atoms with E-state index in [9.17, 15) is 18.0 Å². The van der Waals surface area contributed by atoms with E-state index in [-0.39, 0.29) is 0 Å². The number of nitrogens with two attached hydrogens (primary N) is 1. The van der Waals surface area contributed by atoms with Gasteiger partial charge in [0.15, 0.2) is 0 Å². The average molecular weight is 343 g/mol. The lowest BCUT2D eigenvalue weighted by atomic mass is 9.99. The molecular formula is C13H17N3O6S. The second-order valence-corrected chi connectivity index (χ2v) is 6.51. The Labute approximate surface area is 133 Å². The molecule has 1 saturated heterocycles. The Kier molecular flexibility index (Phi) is 5.00. The Bertz CT molecular complexity index is 693. The molecule has 4 N–H and O–H groups in total. The molecule has 10 heteroatoms. The molecule has 1 unspecified atom stereocenters. The maximum absolute atomic E-state index is 12.1. The van der Waals surface area contributed by atoms with Gasteiger partial charge in [-0.15, -0.1) is 0 Å². The lowest BCUT2D eigenvalue weighted by molar-refractivity contribution is -0.224. The maximum Gasteiger partial charge on any atom is 0.292 e. The van der Waals surface area contributed by atoms with E-state index in [1.54, 1.807) is 37.3 Å². The van der Waals surface area contributed by atoms with E-state index in [1.165, 1.54) is 0 Å². The number of β-lactam (4-membered cyclic amide) rings is 1. The number of benzene rings is 1. The number of hydrogen-bond acceptors (Lipinski definition) is 6. The van der Waals surface area contributed by atoms with Crippen LogP contribution in [0, 0.1) is 0 Å². The van der Waals surface area contributed by atoms with E-state index in [1.807, 2.05) is 0 Å². The molecule has 0 saturated carbocycles. The minimum atomic E-state index is -4.36. The Morgan fingerprint density at radius 3 is 2.57 bits per heavy atom. The molecule has 1 heterocycles. The molecule has 0 spiro atoms. The zero-order valence-electron chi connectivity index (χ0n) is 12.2. The van der Waals surface area contributed by atoms with Gasteiger partial charge in [-0.2, -0.15) is 8.42 Å². The summed E-state index contributed by atoms with van der Waals surface area (Å²) in [7, 11) is -4.36. The fourth-order valence-corrected chi connectivity index (χ4v) is 2.39. The van der Waals surface area contributed by atoms with E-state index in [0.29, 0.717) is 5.56 Å². The zero-order valence-corrected chi connectivity index (χ0v) is 13.1. The normalized spacial score (nSPS) is 22.4. The summed E-state index contributed by atoms with van der Waals surface area (Å²) in [5.41, 5.74) is 6.43. The van der Waals surface area contributed by atoms with Crippen molar-refractivity contribution >= 4 is 21.9 Å². The number of carbonyl (C=O) groups is 2. The van der Waals surface area contributed by atoms with Gasteiger partial charge in [-0.25, -0.2) is 5.06 Å². The highest BCUT2D eigenvalue weighted by molar-refractivity contribution is 7.85. The summed E-state index contributed by atoms with van der Waals surface area (Å²) in [4.78, 5) is 28.6. The predicted molar refractivity (Wildman–Crippen MR) is 79.1 cm³/mol. The molecule has 23 heavy (non-hydrogen) atoms. The number of amides is 2. The first-order chi connectivity index (χ1) is 10.7. The smallest absolute Gasteiger partial charge is 0.292 e. The van der Waals surface area contributed by atoms with Crippen LogP contribution < -0.4 is 11.1 Å². The number of rotatable bonds is 6. The lowest BCUT2D eigenvalue weighted by Crippen LogP contribution is -2.70. The number of hydrogen-bond donors (Lipinski definition) is 3. The van der Waals surface area contributed by atoms with Crippen LogP contribution in [0.1, 0.15) is 18.5 Å². The van der Waals surface area contributed by atoms with E-state index in [4.69, 9.17) is 10.3 Å². The summed E-state index contributed by atoms with van der Waals surface area (Å²) in [5, 5.41) is 3.28. The van der Waals surface area contributed by atoms with E-state index < -0.39 is 46.0 Å². The quantitative estimate of drug-likeness (QED) is 0.453. The summed E-state index contributed by atoms with van der Waals surface area (Å²) in [5.74, 6) is -2.18. The molecule has 0 bridgehead atoms. The number of nitrogens with zero attached hydrogens (tertiary/aromatic N) is 1. The van der Waals surface area contributed by atoms with Crippen molar-refractivity contribution in [3.63, 3.8) is 0 Å². The number of carbonyl (C=O) groups excluding carboxylic acids is 2. The van der Waals surface area contributed by atoms with Crippen molar-refractivity contribution in [2.24, 2.45) is 5.73 Å². The van der Waals surface area contributed by atoms with E-state index in [2.05, 4.69) is 10.2 Å². The molecule has 1 fully saturated rings. The monoisotopic (exact) mass is 343 g/mol. The van der Waals surface area contributed by atoms with Crippen LogP contribution in [0.15, 0.2) is 30.3 Å². The van der Waals surface area contributed by atoms with Crippen LogP contribution in [-0.4, -0.2) is 47.9 Å². The highest BCUT2D eigenvalue weighted by Gasteiger charge is 2.47. The van der Waals surface area contributed by atoms with Crippen LogP contribution in [0.25, 0.3) is 0 Å². The lowest BCUT2D eigenvalue weighted by Gasteiger charge is -2.43. The van der Waals surface area contributed by atoms with Crippen LogP contribution in [0.4, 0.5) is 0 Å². The van der Waals surface area contributed by atoms with Crippen molar-refractivity contribution in [2.45, 2.75) is 25.0 Å². The van der Waals surface area contributed by atoms with Gasteiger partial charge < -0.3 is 11.1 Å². The van der Waals surface area contributed by atoms with Gasteiger partial charge in [-0.3, -0.25) is 19.0 Å². The van der Waals surface area contributed by atoms with Crippen molar-refractivity contribution in [2.75, 3.05) is 5.94 Å². The minimum absolute atomic E-state index is 0.532. The Balaban J connectivity index is 1.92. The van der Waals surface area contributed by atoms with Gasteiger partial charge in [0, 0.05) is 0 Å². The number of hydroxylamine groups is 2. The van der Waals surface area contributed by atoms with Gasteiger partial charge in [-0.1, -0.05) is 30.3 Å². The predicted octanol–water partition coefficient (Wildman–Crippen LogP) is -0.821. The molecule has 1 aromatic rings. The molecule has 0 radical (unpaired) electrons. The molecule has 1 aliphatic heterocycles. The topological polar surface area (TPSA) is 139 Å². The Morgan fingerprint density at radius 1 is 1.43 bits per heavy atom. The molecule has 1 aliphatic rings. The van der Waals surface area contributed by atoms with E-state index >= 15 is 0 Å². The second kappa shape index (κ2) is 6.62. The fraction of sp³-hybridized carbons (Fsp3) is 0.385. The Hall–Kier alpha value is -2.01. The molecule has 1 aromatic carbocycles. The van der Waals surface area contributed by atoms with Crippen LogP contribution in [-0.2, 0) is 24.5 Å². The number of nitrogens with one attached hydrogen (secondary N) is 1. The molecule has 3 atom stereocenters. The zero-order chi connectivity index (χ0) is 17.2. The molecule has 0 aliphatic carbocycles. The van der Waals surface area contributed by atoms with E-state index in [0.717, 1.165) is 5.06 Å². The molecule has 2 amide bonds. The van der Waals surface area contributed by atoms with Crippen molar-refractivity contribution in [1.29, 1.82) is 0 Å². The summed E-state index contributed by atoms with van der Waals surface area (Å²) in [6, 6.07) is 6.28. The summed E-state index contributed by atoms with van der Waals surface area (Å²) in [6.45, 7) is 1.56. The van der Waals surface area contributed by atoms with Gasteiger partial charge in [0.25, 0.3) is 16.0 Å². The van der Waals surface area contributed by atoms with Crippen LogP contribution >= 0.6 is 0 Å². The third-order valence-corrected chi connectivity index (χ3v) is 3.82. The van der Waals surface area contributed by atoms with Gasteiger partial charge in [0.2, 0.25) is 11.8 Å². The van der Waals surface area contributed by atoms with Crippen LogP contribution in [0.3, 0.4) is 0 Å². The largest absolute Gasteiger partial charge is 0.341 e. The molecule has 0 aromatic heterocycles. The van der Waals surface area contributed by atoms with Crippen molar-refractivity contribution < 1.29 is 27.4 Å². The first-order valence-corrected chi connectivity index (χ1v) is 8.33. The van der Waals surface area contributed by atoms with Gasteiger partial charge in [0.05, 0.1) is 6.04 Å². The maximum atomic E-state index is 12.1. The molecule has 2 rings (SSSR count). The highest BCUT2D eigenvalue weighted by Crippen LogP contribution is 2.21. The summed E-state index contributed by atoms with van der Waals surface area (Å²) in [6.07, 6.45) is 0. The van der Waals surface area contributed by atoms with Crippen molar-refractivity contribution in [3.8, 4) is 0 Å². The Morgan fingerprint density at radius 2 is 2.04 bits per heavy atom. The second-order valence-electron chi connectivity index (χ2n) is 5.11. The first-order valence-electron chi connectivity index (χ1n) is 6.73. The third-order valence-electron chi connectivity index (χ3n) is 3.42. The average Bonchev–Trinajstić information content (AvgIpc) is 2.51. The van der Waals surface area contributed by atoms with Gasteiger partial charge >= 0.3 is 0 Å². The van der Waals surface area contributed by atoms with Gasteiger partial charge in [0.1, 0.15) is 12.1 Å². The van der Waals surface area contributed by atoms with Crippen LogP contribution in [0.2, 0.25) is 0 Å². The summed E-state index contributed by atoms with van der Waals surface area (Å²) < 4.78 is 29.8.